The van der Waals surface area contributed by atoms with E-state index in [1.54, 1.807) is 11.3 Å². The lowest BCUT2D eigenvalue weighted by atomic mass is 10.0. The first-order valence-electron chi connectivity index (χ1n) is 8.25. The van der Waals surface area contributed by atoms with Crippen molar-refractivity contribution in [3.05, 3.63) is 22.4 Å². The molecule has 0 aromatic carbocycles. The molecular formula is C17H25NO2S. The quantitative estimate of drug-likeness (QED) is 0.833. The largest absolute Gasteiger partial charge is 0.381 e. The van der Waals surface area contributed by atoms with E-state index in [2.05, 4.69) is 22.4 Å². The average molecular weight is 307 g/mol. The summed E-state index contributed by atoms with van der Waals surface area (Å²) in [6, 6.07) is 4.66. The maximum absolute atomic E-state index is 12.9. The molecule has 0 unspecified atom stereocenters. The highest BCUT2D eigenvalue weighted by molar-refractivity contribution is 7.09. The van der Waals surface area contributed by atoms with E-state index in [0.29, 0.717) is 11.9 Å². The van der Waals surface area contributed by atoms with Gasteiger partial charge in [0.15, 0.2) is 0 Å². The average Bonchev–Trinajstić information content (AvgIpc) is 3.22. The Bertz CT molecular complexity index is 434. The van der Waals surface area contributed by atoms with Crippen molar-refractivity contribution < 1.29 is 9.53 Å². The molecule has 0 atom stereocenters. The van der Waals surface area contributed by atoms with Crippen LogP contribution in [0.2, 0.25) is 0 Å². The van der Waals surface area contributed by atoms with Crippen LogP contribution in [0.4, 0.5) is 0 Å². The number of nitrogens with zero attached hydrogens (tertiary/aromatic N) is 1. The van der Waals surface area contributed by atoms with Crippen molar-refractivity contribution in [2.24, 2.45) is 5.92 Å². The molecule has 1 aromatic heterocycles. The van der Waals surface area contributed by atoms with Crippen molar-refractivity contribution in [2.45, 2.75) is 51.0 Å². The van der Waals surface area contributed by atoms with Crippen LogP contribution in [0.3, 0.4) is 0 Å². The zero-order valence-electron chi connectivity index (χ0n) is 12.6. The highest BCUT2D eigenvalue weighted by Gasteiger charge is 2.32. The van der Waals surface area contributed by atoms with Crippen LogP contribution in [-0.4, -0.2) is 36.6 Å². The Hall–Kier alpha value is -0.870. The Labute approximate surface area is 131 Å². The van der Waals surface area contributed by atoms with Crippen molar-refractivity contribution in [1.82, 2.24) is 4.90 Å². The van der Waals surface area contributed by atoms with E-state index in [9.17, 15) is 4.79 Å². The smallest absolute Gasteiger partial charge is 0.225 e. The highest BCUT2D eigenvalue weighted by Crippen LogP contribution is 2.29. The van der Waals surface area contributed by atoms with Gasteiger partial charge in [0.25, 0.3) is 0 Å². The van der Waals surface area contributed by atoms with Gasteiger partial charge in [-0.2, -0.15) is 0 Å². The molecule has 1 aliphatic carbocycles. The topological polar surface area (TPSA) is 29.5 Å². The van der Waals surface area contributed by atoms with Crippen molar-refractivity contribution in [3.63, 3.8) is 0 Å². The Morgan fingerprint density at radius 3 is 2.67 bits per heavy atom. The summed E-state index contributed by atoms with van der Waals surface area (Å²) >= 11 is 1.79. The van der Waals surface area contributed by atoms with Gasteiger partial charge in [0.05, 0.1) is 0 Å². The Morgan fingerprint density at radius 1 is 1.24 bits per heavy atom. The van der Waals surface area contributed by atoms with Gasteiger partial charge >= 0.3 is 0 Å². The second-order valence-corrected chi connectivity index (χ2v) is 7.22. The first-order chi connectivity index (χ1) is 10.3. The third kappa shape index (κ3) is 3.86. The van der Waals surface area contributed by atoms with Gasteiger partial charge < -0.3 is 9.64 Å². The second-order valence-electron chi connectivity index (χ2n) is 6.19. The Kier molecular flexibility index (Phi) is 5.31. The van der Waals surface area contributed by atoms with E-state index in [1.165, 1.54) is 17.7 Å². The monoisotopic (exact) mass is 307 g/mol. The third-order valence-corrected chi connectivity index (χ3v) is 5.73. The number of hydrogen-bond acceptors (Lipinski definition) is 3. The molecule has 0 N–H and O–H groups in total. The lowest BCUT2D eigenvalue weighted by Crippen LogP contribution is -2.46. The normalized spacial score (nSPS) is 20.8. The summed E-state index contributed by atoms with van der Waals surface area (Å²) in [5.41, 5.74) is 0. The zero-order chi connectivity index (χ0) is 14.5. The van der Waals surface area contributed by atoms with Crippen LogP contribution in [0.5, 0.6) is 0 Å². The van der Waals surface area contributed by atoms with Crippen LogP contribution < -0.4 is 0 Å². The zero-order valence-corrected chi connectivity index (χ0v) is 13.4. The number of rotatable bonds is 5. The van der Waals surface area contributed by atoms with Gasteiger partial charge in [0, 0.05) is 36.6 Å². The predicted molar refractivity (Wildman–Crippen MR) is 85.5 cm³/mol. The lowest BCUT2D eigenvalue weighted by molar-refractivity contribution is -0.139. The van der Waals surface area contributed by atoms with Crippen LogP contribution >= 0.6 is 11.3 Å². The van der Waals surface area contributed by atoms with Gasteiger partial charge in [-0.05, 0) is 43.6 Å². The summed E-state index contributed by atoms with van der Waals surface area (Å²) in [5.74, 6) is 0.701. The van der Waals surface area contributed by atoms with Gasteiger partial charge in [-0.3, -0.25) is 4.79 Å². The van der Waals surface area contributed by atoms with Crippen molar-refractivity contribution >= 4 is 17.2 Å². The second kappa shape index (κ2) is 7.41. The van der Waals surface area contributed by atoms with E-state index in [0.717, 1.165) is 51.9 Å². The number of thiophene rings is 1. The predicted octanol–water partition coefficient (Wildman–Crippen LogP) is 3.49. The molecule has 1 saturated heterocycles. The van der Waals surface area contributed by atoms with Gasteiger partial charge in [0.2, 0.25) is 5.91 Å². The van der Waals surface area contributed by atoms with Crippen LogP contribution in [0, 0.1) is 5.92 Å². The van der Waals surface area contributed by atoms with E-state index in [4.69, 9.17) is 4.74 Å². The fraction of sp³-hybridized carbons (Fsp3) is 0.706. The Morgan fingerprint density at radius 2 is 2.00 bits per heavy atom. The van der Waals surface area contributed by atoms with Gasteiger partial charge in [-0.1, -0.05) is 18.9 Å². The molecule has 2 heterocycles. The highest BCUT2D eigenvalue weighted by atomic mass is 32.1. The van der Waals surface area contributed by atoms with E-state index >= 15 is 0 Å². The van der Waals surface area contributed by atoms with Gasteiger partial charge in [-0.25, -0.2) is 0 Å². The molecule has 116 valence electrons. The molecule has 1 aliphatic heterocycles. The molecule has 3 rings (SSSR count). The van der Waals surface area contributed by atoms with Crippen LogP contribution in [0.15, 0.2) is 17.5 Å². The fourth-order valence-corrected chi connectivity index (χ4v) is 4.26. The number of ether oxygens (including phenoxy) is 1. The summed E-state index contributed by atoms with van der Waals surface area (Å²) in [5, 5.41) is 2.12. The number of amides is 1. The first kappa shape index (κ1) is 15.0. The van der Waals surface area contributed by atoms with Crippen molar-refractivity contribution in [1.29, 1.82) is 0 Å². The number of carbonyl (C=O) groups is 1. The van der Waals surface area contributed by atoms with Crippen molar-refractivity contribution in [2.75, 3.05) is 19.8 Å². The number of hydrogen-bond donors (Lipinski definition) is 0. The summed E-state index contributed by atoms with van der Waals surface area (Å²) in [7, 11) is 0. The lowest BCUT2D eigenvalue weighted by Gasteiger charge is -2.36. The fourth-order valence-electron chi connectivity index (χ4n) is 3.56. The Balaban J connectivity index is 1.65. The molecule has 2 aliphatic rings. The summed E-state index contributed by atoms with van der Waals surface area (Å²) in [4.78, 5) is 16.5. The molecule has 1 aromatic rings. The summed E-state index contributed by atoms with van der Waals surface area (Å²) < 4.78 is 5.47. The molecule has 3 nitrogen and oxygen atoms in total. The molecule has 0 radical (unpaired) electrons. The van der Waals surface area contributed by atoms with Gasteiger partial charge in [-0.15, -0.1) is 11.3 Å². The standard InChI is InChI=1S/C17H25NO2S/c19-17(14-4-1-2-5-14)18(15-8-11-20-12-9-15)10-7-16-6-3-13-21-16/h3,6,13-15H,1-2,4-5,7-12H2. The van der Waals surface area contributed by atoms with E-state index in [-0.39, 0.29) is 5.92 Å². The molecule has 1 saturated carbocycles. The molecular weight excluding hydrogens is 282 g/mol. The first-order valence-corrected chi connectivity index (χ1v) is 9.13. The number of carbonyl (C=O) groups excluding carboxylic acids is 1. The summed E-state index contributed by atoms with van der Waals surface area (Å²) in [6.45, 7) is 2.48. The molecule has 0 bridgehead atoms. The minimum Gasteiger partial charge on any atom is -0.381 e. The van der Waals surface area contributed by atoms with Crippen LogP contribution in [0.1, 0.15) is 43.4 Å². The SMILES string of the molecule is O=C(C1CCCC1)N(CCc1cccs1)C1CCOCC1. The van der Waals surface area contributed by atoms with Crippen molar-refractivity contribution in [3.8, 4) is 0 Å². The molecule has 1 amide bonds. The van der Waals surface area contributed by atoms with E-state index in [1.807, 2.05) is 0 Å². The molecule has 2 fully saturated rings. The summed E-state index contributed by atoms with van der Waals surface area (Å²) in [6.07, 6.45) is 7.64. The third-order valence-electron chi connectivity index (χ3n) is 4.80. The molecule has 4 heteroatoms. The van der Waals surface area contributed by atoms with Crippen LogP contribution in [0.25, 0.3) is 0 Å². The van der Waals surface area contributed by atoms with Crippen LogP contribution in [-0.2, 0) is 16.0 Å². The molecule has 21 heavy (non-hydrogen) atoms. The maximum Gasteiger partial charge on any atom is 0.225 e. The van der Waals surface area contributed by atoms with Gasteiger partial charge in [0.1, 0.15) is 0 Å². The minimum atomic E-state index is 0.288. The minimum absolute atomic E-state index is 0.288. The van der Waals surface area contributed by atoms with E-state index < -0.39 is 0 Å². The molecule has 0 spiro atoms. The maximum atomic E-state index is 12.9.